The minimum Gasteiger partial charge on any atom is -0.327 e. The Morgan fingerprint density at radius 1 is 1.44 bits per heavy atom. The zero-order valence-electron chi connectivity index (χ0n) is 11.5. The van der Waals surface area contributed by atoms with E-state index in [1.807, 2.05) is 4.68 Å². The van der Waals surface area contributed by atoms with E-state index in [0.29, 0.717) is 6.04 Å². The van der Waals surface area contributed by atoms with Gasteiger partial charge < -0.3 is 5.73 Å². The lowest BCUT2D eigenvalue weighted by Crippen LogP contribution is -2.26. The molecule has 102 valence electrons. The van der Waals surface area contributed by atoms with E-state index in [1.165, 1.54) is 25.7 Å². The van der Waals surface area contributed by atoms with Crippen molar-refractivity contribution >= 4 is 11.8 Å². The van der Waals surface area contributed by atoms with Crippen molar-refractivity contribution in [3.8, 4) is 0 Å². The number of nitrogens with zero attached hydrogens (tertiary/aromatic N) is 2. The summed E-state index contributed by atoms with van der Waals surface area (Å²) in [5.74, 6) is 1.07. The lowest BCUT2D eigenvalue weighted by molar-refractivity contribution is 0.523. The second kappa shape index (κ2) is 6.62. The van der Waals surface area contributed by atoms with Gasteiger partial charge in [0.1, 0.15) is 0 Å². The topological polar surface area (TPSA) is 43.8 Å². The molecule has 0 aromatic carbocycles. The molecular formula is C14H25N3S. The Bertz CT molecular complexity index is 356. The largest absolute Gasteiger partial charge is 0.327 e. The number of aromatic nitrogens is 2. The molecule has 1 aliphatic rings. The molecule has 0 bridgehead atoms. The zero-order chi connectivity index (χ0) is 13.0. The Labute approximate surface area is 115 Å². The minimum absolute atomic E-state index is 0.242. The van der Waals surface area contributed by atoms with Crippen molar-refractivity contribution in [3.05, 3.63) is 18.0 Å². The first-order valence-corrected chi connectivity index (χ1v) is 8.11. The van der Waals surface area contributed by atoms with Crippen molar-refractivity contribution in [3.63, 3.8) is 0 Å². The van der Waals surface area contributed by atoms with Crippen LogP contribution in [0.15, 0.2) is 12.3 Å². The molecule has 4 heteroatoms. The summed E-state index contributed by atoms with van der Waals surface area (Å²) in [5.41, 5.74) is 7.33. The van der Waals surface area contributed by atoms with Gasteiger partial charge in [0.2, 0.25) is 0 Å². The van der Waals surface area contributed by atoms with E-state index in [0.717, 1.165) is 23.1 Å². The van der Waals surface area contributed by atoms with Gasteiger partial charge in [-0.05, 0) is 32.8 Å². The van der Waals surface area contributed by atoms with E-state index in [-0.39, 0.29) is 6.04 Å². The molecule has 0 aliphatic heterocycles. The first kappa shape index (κ1) is 13.9. The summed E-state index contributed by atoms with van der Waals surface area (Å²) in [6, 6.07) is 2.77. The maximum absolute atomic E-state index is 6.20. The van der Waals surface area contributed by atoms with Crippen LogP contribution < -0.4 is 5.73 Å². The zero-order valence-corrected chi connectivity index (χ0v) is 12.3. The Morgan fingerprint density at radius 2 is 2.17 bits per heavy atom. The summed E-state index contributed by atoms with van der Waals surface area (Å²) in [6.07, 6.45) is 8.55. The van der Waals surface area contributed by atoms with Gasteiger partial charge >= 0.3 is 0 Å². The lowest BCUT2D eigenvalue weighted by Gasteiger charge is -2.13. The van der Waals surface area contributed by atoms with Crippen LogP contribution in [0, 0.1) is 0 Å². The van der Waals surface area contributed by atoms with Crippen molar-refractivity contribution in [1.29, 1.82) is 0 Å². The van der Waals surface area contributed by atoms with Crippen molar-refractivity contribution in [2.24, 2.45) is 5.73 Å². The molecule has 18 heavy (non-hydrogen) atoms. The predicted molar refractivity (Wildman–Crippen MR) is 79.0 cm³/mol. The number of hydrogen-bond donors (Lipinski definition) is 1. The van der Waals surface area contributed by atoms with Crippen molar-refractivity contribution in [2.75, 3.05) is 5.75 Å². The summed E-state index contributed by atoms with van der Waals surface area (Å²) in [4.78, 5) is 0. The maximum Gasteiger partial charge on any atom is 0.0640 e. The van der Waals surface area contributed by atoms with Crippen LogP contribution in [0.1, 0.15) is 51.3 Å². The normalized spacial score (nSPS) is 18.7. The summed E-state index contributed by atoms with van der Waals surface area (Å²) >= 11 is 2.06. The van der Waals surface area contributed by atoms with Crippen LogP contribution in [0.3, 0.4) is 0 Å². The van der Waals surface area contributed by atoms with Crippen LogP contribution >= 0.6 is 11.8 Å². The highest BCUT2D eigenvalue weighted by Crippen LogP contribution is 2.29. The molecule has 1 aliphatic carbocycles. The van der Waals surface area contributed by atoms with E-state index < -0.39 is 0 Å². The molecule has 1 atom stereocenters. The molecule has 0 saturated heterocycles. The summed E-state index contributed by atoms with van der Waals surface area (Å²) < 4.78 is 2.01. The fourth-order valence-corrected chi connectivity index (χ4v) is 3.72. The fraction of sp³-hybridized carbons (Fsp3) is 0.786. The quantitative estimate of drug-likeness (QED) is 0.861. The van der Waals surface area contributed by atoms with Gasteiger partial charge in [-0.3, -0.25) is 4.68 Å². The van der Waals surface area contributed by atoms with Gasteiger partial charge in [0, 0.05) is 35.7 Å². The Balaban J connectivity index is 1.73. The fourth-order valence-electron chi connectivity index (χ4n) is 2.42. The Hall–Kier alpha value is -0.480. The molecule has 1 aromatic rings. The molecule has 0 amide bonds. The molecule has 0 radical (unpaired) electrons. The van der Waals surface area contributed by atoms with Crippen molar-refractivity contribution in [2.45, 2.75) is 63.3 Å². The van der Waals surface area contributed by atoms with Gasteiger partial charge in [0.25, 0.3) is 0 Å². The maximum atomic E-state index is 6.20. The smallest absolute Gasteiger partial charge is 0.0640 e. The van der Waals surface area contributed by atoms with E-state index in [1.54, 1.807) is 0 Å². The van der Waals surface area contributed by atoms with E-state index in [2.05, 4.69) is 43.0 Å². The highest BCUT2D eigenvalue weighted by molar-refractivity contribution is 7.99. The Morgan fingerprint density at radius 3 is 2.78 bits per heavy atom. The third kappa shape index (κ3) is 4.02. The van der Waals surface area contributed by atoms with E-state index >= 15 is 0 Å². The first-order chi connectivity index (χ1) is 8.65. The van der Waals surface area contributed by atoms with Gasteiger partial charge in [0.05, 0.1) is 5.69 Å². The van der Waals surface area contributed by atoms with E-state index in [9.17, 15) is 0 Å². The van der Waals surface area contributed by atoms with Gasteiger partial charge in [-0.1, -0.05) is 12.8 Å². The average Bonchev–Trinajstić information content (AvgIpc) is 2.96. The van der Waals surface area contributed by atoms with Crippen LogP contribution in [0.2, 0.25) is 0 Å². The van der Waals surface area contributed by atoms with Crippen molar-refractivity contribution in [1.82, 2.24) is 9.78 Å². The monoisotopic (exact) mass is 267 g/mol. The second-order valence-corrected chi connectivity index (χ2v) is 6.92. The summed E-state index contributed by atoms with van der Waals surface area (Å²) in [7, 11) is 0. The SMILES string of the molecule is CC(C)n1ccc(CC(N)CSC2CCCC2)n1. The predicted octanol–water partition coefficient (Wildman–Crippen LogP) is 3.01. The standard InChI is InChI=1S/C14H25N3S/c1-11(2)17-8-7-13(16-17)9-12(15)10-18-14-5-3-4-6-14/h7-8,11-12,14H,3-6,9-10,15H2,1-2H3. The van der Waals surface area contributed by atoms with Crippen LogP contribution in [-0.4, -0.2) is 26.8 Å². The molecule has 1 saturated carbocycles. The van der Waals surface area contributed by atoms with Gasteiger partial charge in [-0.2, -0.15) is 16.9 Å². The molecule has 1 heterocycles. The van der Waals surface area contributed by atoms with Crippen molar-refractivity contribution < 1.29 is 0 Å². The summed E-state index contributed by atoms with van der Waals surface area (Å²) in [6.45, 7) is 4.29. The number of rotatable bonds is 6. The molecule has 3 nitrogen and oxygen atoms in total. The summed E-state index contributed by atoms with van der Waals surface area (Å²) in [5, 5.41) is 5.42. The van der Waals surface area contributed by atoms with Gasteiger partial charge in [-0.25, -0.2) is 0 Å². The second-order valence-electron chi connectivity index (χ2n) is 5.58. The van der Waals surface area contributed by atoms with Crippen LogP contribution in [0.5, 0.6) is 0 Å². The average molecular weight is 267 g/mol. The minimum atomic E-state index is 0.242. The number of thioether (sulfide) groups is 1. The van der Waals surface area contributed by atoms with E-state index in [4.69, 9.17) is 5.73 Å². The third-order valence-electron chi connectivity index (χ3n) is 3.51. The molecular weight excluding hydrogens is 242 g/mol. The highest BCUT2D eigenvalue weighted by Gasteiger charge is 2.17. The molecule has 2 rings (SSSR count). The first-order valence-electron chi connectivity index (χ1n) is 7.06. The van der Waals surface area contributed by atoms with Gasteiger partial charge in [0.15, 0.2) is 0 Å². The molecule has 1 aromatic heterocycles. The van der Waals surface area contributed by atoms with Crippen LogP contribution in [-0.2, 0) is 6.42 Å². The lowest BCUT2D eigenvalue weighted by atomic mass is 10.2. The van der Waals surface area contributed by atoms with Crippen LogP contribution in [0.25, 0.3) is 0 Å². The van der Waals surface area contributed by atoms with Crippen LogP contribution in [0.4, 0.5) is 0 Å². The number of nitrogens with two attached hydrogens (primary N) is 1. The molecule has 1 unspecified atom stereocenters. The Kier molecular flexibility index (Phi) is 5.13. The molecule has 0 spiro atoms. The molecule has 2 N–H and O–H groups in total. The van der Waals surface area contributed by atoms with Gasteiger partial charge in [-0.15, -0.1) is 0 Å². The highest BCUT2D eigenvalue weighted by atomic mass is 32.2. The number of hydrogen-bond acceptors (Lipinski definition) is 3. The third-order valence-corrected chi connectivity index (χ3v) is 5.08. The molecule has 1 fully saturated rings.